The molecule has 2 heterocycles. The maximum atomic E-state index is 5.61. The van der Waals surface area contributed by atoms with E-state index in [-0.39, 0.29) is 0 Å². The van der Waals surface area contributed by atoms with Crippen LogP contribution in [0.2, 0.25) is 0 Å². The van der Waals surface area contributed by atoms with Crippen LogP contribution < -0.4 is 4.74 Å². The molecule has 0 aliphatic rings. The highest BCUT2D eigenvalue weighted by Crippen LogP contribution is 2.16. The van der Waals surface area contributed by atoms with Gasteiger partial charge in [0.25, 0.3) is 0 Å². The molecule has 3 rings (SSSR count). The van der Waals surface area contributed by atoms with Crippen LogP contribution >= 0.6 is 0 Å². The van der Waals surface area contributed by atoms with Gasteiger partial charge in [-0.15, -0.1) is 0 Å². The fourth-order valence-corrected chi connectivity index (χ4v) is 1.89. The molecule has 0 fully saturated rings. The van der Waals surface area contributed by atoms with E-state index in [0.29, 0.717) is 12.5 Å². The number of aryl methyl sites for hydroxylation is 1. The average molecular weight is 239 g/mol. The molecule has 4 nitrogen and oxygen atoms in total. The van der Waals surface area contributed by atoms with Crippen LogP contribution in [0, 0.1) is 0 Å². The Hall–Kier alpha value is -2.36. The monoisotopic (exact) mass is 239 g/mol. The molecule has 0 saturated heterocycles. The van der Waals surface area contributed by atoms with Gasteiger partial charge in [0.05, 0.1) is 11.7 Å². The van der Waals surface area contributed by atoms with Crippen molar-refractivity contribution >= 4 is 10.9 Å². The number of ether oxygens (including phenoxy) is 1. The number of rotatable bonds is 3. The normalized spacial score (nSPS) is 10.7. The summed E-state index contributed by atoms with van der Waals surface area (Å²) in [5.41, 5.74) is 2.23. The second kappa shape index (κ2) is 4.49. The maximum Gasteiger partial charge on any atom is 0.213 e. The third-order valence-electron chi connectivity index (χ3n) is 2.84. The van der Waals surface area contributed by atoms with Crippen molar-refractivity contribution in [1.82, 2.24) is 14.8 Å². The van der Waals surface area contributed by atoms with Crippen molar-refractivity contribution in [2.45, 2.75) is 6.61 Å². The Balaban J connectivity index is 1.79. The van der Waals surface area contributed by atoms with Gasteiger partial charge in [-0.25, -0.2) is 4.98 Å². The van der Waals surface area contributed by atoms with Gasteiger partial charge in [0.2, 0.25) is 5.88 Å². The van der Waals surface area contributed by atoms with Crippen molar-refractivity contribution in [3.8, 4) is 5.88 Å². The zero-order chi connectivity index (χ0) is 12.4. The van der Waals surface area contributed by atoms with E-state index in [0.717, 1.165) is 16.5 Å². The van der Waals surface area contributed by atoms with Crippen LogP contribution in [0.3, 0.4) is 0 Å². The number of fused-ring (bicyclic) bond motifs is 1. The molecule has 18 heavy (non-hydrogen) atoms. The summed E-state index contributed by atoms with van der Waals surface area (Å²) in [4.78, 5) is 4.12. The van der Waals surface area contributed by atoms with E-state index in [4.69, 9.17) is 4.74 Å². The van der Waals surface area contributed by atoms with Crippen LogP contribution in [-0.4, -0.2) is 14.8 Å². The molecule has 3 aromatic rings. The summed E-state index contributed by atoms with van der Waals surface area (Å²) in [6, 6.07) is 11.8. The molecular formula is C14H13N3O. The summed E-state index contributed by atoms with van der Waals surface area (Å²) in [6.07, 6.45) is 3.58. The number of pyridine rings is 1. The lowest BCUT2D eigenvalue weighted by molar-refractivity contribution is 0.294. The Bertz CT molecular complexity index is 661. The van der Waals surface area contributed by atoms with Crippen molar-refractivity contribution in [3.05, 3.63) is 54.4 Å². The van der Waals surface area contributed by atoms with Gasteiger partial charge in [0.15, 0.2) is 0 Å². The van der Waals surface area contributed by atoms with Gasteiger partial charge in [-0.3, -0.25) is 4.68 Å². The smallest absolute Gasteiger partial charge is 0.213 e. The molecule has 0 amide bonds. The van der Waals surface area contributed by atoms with E-state index < -0.39 is 0 Å². The lowest BCUT2D eigenvalue weighted by Gasteiger charge is -2.05. The molecule has 2 aromatic heterocycles. The first-order chi connectivity index (χ1) is 8.83. The molecule has 0 aliphatic heterocycles. The van der Waals surface area contributed by atoms with Crippen LogP contribution in [0.25, 0.3) is 10.9 Å². The molecule has 0 atom stereocenters. The van der Waals surface area contributed by atoms with Gasteiger partial charge in [-0.1, -0.05) is 12.1 Å². The standard InChI is InChI=1S/C14H13N3O/c1-17-13-6-5-11(8-12(13)9-16-17)10-18-14-4-2-3-7-15-14/h2-9H,10H2,1H3. The SMILES string of the molecule is Cn1ncc2cc(COc3ccccn3)ccc21. The molecule has 0 saturated carbocycles. The van der Waals surface area contributed by atoms with Crippen molar-refractivity contribution in [2.24, 2.45) is 7.05 Å². The summed E-state index contributed by atoms with van der Waals surface area (Å²) >= 11 is 0. The van der Waals surface area contributed by atoms with Gasteiger partial charge in [0, 0.05) is 24.7 Å². The molecular weight excluding hydrogens is 226 g/mol. The Morgan fingerprint density at radius 2 is 2.17 bits per heavy atom. The van der Waals surface area contributed by atoms with Gasteiger partial charge < -0.3 is 4.74 Å². The molecule has 1 aromatic carbocycles. The average Bonchev–Trinajstić information content (AvgIpc) is 2.79. The molecule has 0 radical (unpaired) electrons. The Labute approximate surface area is 105 Å². The lowest BCUT2D eigenvalue weighted by atomic mass is 10.2. The molecule has 0 unspecified atom stereocenters. The first-order valence-corrected chi connectivity index (χ1v) is 5.77. The van der Waals surface area contributed by atoms with Crippen LogP contribution in [-0.2, 0) is 13.7 Å². The highest BCUT2D eigenvalue weighted by molar-refractivity contribution is 5.79. The third-order valence-corrected chi connectivity index (χ3v) is 2.84. The van der Waals surface area contributed by atoms with E-state index in [1.807, 2.05) is 42.2 Å². The van der Waals surface area contributed by atoms with Crippen molar-refractivity contribution in [3.63, 3.8) is 0 Å². The van der Waals surface area contributed by atoms with Crippen LogP contribution in [0.5, 0.6) is 5.88 Å². The number of hydrogen-bond acceptors (Lipinski definition) is 3. The van der Waals surface area contributed by atoms with Crippen molar-refractivity contribution in [2.75, 3.05) is 0 Å². The second-order valence-corrected chi connectivity index (χ2v) is 4.12. The van der Waals surface area contributed by atoms with E-state index in [1.54, 1.807) is 6.20 Å². The molecule has 0 spiro atoms. The molecule has 4 heteroatoms. The summed E-state index contributed by atoms with van der Waals surface area (Å²) in [6.45, 7) is 0.516. The number of aromatic nitrogens is 3. The van der Waals surface area contributed by atoms with Gasteiger partial charge >= 0.3 is 0 Å². The Morgan fingerprint density at radius 1 is 1.22 bits per heavy atom. The highest BCUT2D eigenvalue weighted by atomic mass is 16.5. The predicted molar refractivity (Wildman–Crippen MR) is 69.3 cm³/mol. The molecule has 90 valence electrons. The Kier molecular flexibility index (Phi) is 2.68. The predicted octanol–water partition coefficient (Wildman–Crippen LogP) is 2.55. The van der Waals surface area contributed by atoms with E-state index in [9.17, 15) is 0 Å². The van der Waals surface area contributed by atoms with Crippen LogP contribution in [0.4, 0.5) is 0 Å². The first-order valence-electron chi connectivity index (χ1n) is 5.77. The summed E-state index contributed by atoms with van der Waals surface area (Å²) in [5.74, 6) is 0.642. The second-order valence-electron chi connectivity index (χ2n) is 4.12. The maximum absolute atomic E-state index is 5.61. The topological polar surface area (TPSA) is 39.9 Å². The first kappa shape index (κ1) is 10.8. The van der Waals surface area contributed by atoms with Crippen molar-refractivity contribution in [1.29, 1.82) is 0 Å². The van der Waals surface area contributed by atoms with E-state index in [2.05, 4.69) is 22.2 Å². The van der Waals surface area contributed by atoms with Crippen LogP contribution in [0.1, 0.15) is 5.56 Å². The third kappa shape index (κ3) is 2.05. The van der Waals surface area contributed by atoms with Crippen molar-refractivity contribution < 1.29 is 4.74 Å². The number of benzene rings is 1. The fourth-order valence-electron chi connectivity index (χ4n) is 1.89. The minimum absolute atomic E-state index is 0.516. The molecule has 0 N–H and O–H groups in total. The highest BCUT2D eigenvalue weighted by Gasteiger charge is 2.01. The van der Waals surface area contributed by atoms with Gasteiger partial charge in [0.1, 0.15) is 6.61 Å². The minimum Gasteiger partial charge on any atom is -0.473 e. The summed E-state index contributed by atoms with van der Waals surface area (Å²) < 4.78 is 7.47. The van der Waals surface area contributed by atoms with Gasteiger partial charge in [-0.2, -0.15) is 5.10 Å². The number of hydrogen-bond donors (Lipinski definition) is 0. The van der Waals surface area contributed by atoms with Crippen LogP contribution in [0.15, 0.2) is 48.8 Å². The van der Waals surface area contributed by atoms with E-state index >= 15 is 0 Å². The largest absolute Gasteiger partial charge is 0.473 e. The summed E-state index contributed by atoms with van der Waals surface area (Å²) in [7, 11) is 1.94. The van der Waals surface area contributed by atoms with Gasteiger partial charge in [-0.05, 0) is 23.8 Å². The fraction of sp³-hybridized carbons (Fsp3) is 0.143. The molecule has 0 bridgehead atoms. The minimum atomic E-state index is 0.516. The van der Waals surface area contributed by atoms with E-state index in [1.165, 1.54) is 0 Å². The zero-order valence-corrected chi connectivity index (χ0v) is 10.1. The Morgan fingerprint density at radius 3 is 3.00 bits per heavy atom. The lowest BCUT2D eigenvalue weighted by Crippen LogP contribution is -1.96. The summed E-state index contributed by atoms with van der Waals surface area (Å²) in [5, 5.41) is 5.34. The zero-order valence-electron chi connectivity index (χ0n) is 10.1. The molecule has 0 aliphatic carbocycles. The number of nitrogens with zero attached hydrogens (tertiary/aromatic N) is 3. The quantitative estimate of drug-likeness (QED) is 0.705.